The fraction of sp³-hybridized carbons (Fsp3) is 0.261. The molecule has 0 saturated carbocycles. The SMILES string of the molecule is CN(Cc1ccccc1)C(=O)c1ccc(-c2ccc(N3CCCC3)nn2)cc1. The van der Waals surface area contributed by atoms with Gasteiger partial charge in [0.1, 0.15) is 0 Å². The van der Waals surface area contributed by atoms with E-state index in [9.17, 15) is 4.79 Å². The summed E-state index contributed by atoms with van der Waals surface area (Å²) in [6.07, 6.45) is 2.44. The smallest absolute Gasteiger partial charge is 0.253 e. The van der Waals surface area contributed by atoms with Crippen LogP contribution in [0.2, 0.25) is 0 Å². The summed E-state index contributed by atoms with van der Waals surface area (Å²) < 4.78 is 0. The highest BCUT2D eigenvalue weighted by Gasteiger charge is 2.15. The summed E-state index contributed by atoms with van der Waals surface area (Å²) in [5.41, 5.74) is 3.56. The van der Waals surface area contributed by atoms with Crippen LogP contribution in [-0.4, -0.2) is 41.1 Å². The average molecular weight is 372 g/mol. The molecule has 1 saturated heterocycles. The molecule has 142 valence electrons. The van der Waals surface area contributed by atoms with Crippen LogP contribution in [-0.2, 0) is 6.54 Å². The molecule has 1 aliphatic heterocycles. The molecule has 0 N–H and O–H groups in total. The summed E-state index contributed by atoms with van der Waals surface area (Å²) in [6.45, 7) is 2.70. The summed E-state index contributed by atoms with van der Waals surface area (Å²) in [5.74, 6) is 0.946. The Labute approximate surface area is 165 Å². The maximum absolute atomic E-state index is 12.7. The van der Waals surface area contributed by atoms with Crippen LogP contribution in [0.1, 0.15) is 28.8 Å². The second kappa shape index (κ2) is 8.21. The molecule has 3 aromatic rings. The van der Waals surface area contributed by atoms with Crippen molar-refractivity contribution in [2.75, 3.05) is 25.0 Å². The van der Waals surface area contributed by atoms with Crippen LogP contribution < -0.4 is 4.90 Å². The normalized spacial score (nSPS) is 13.5. The third-order valence-corrected chi connectivity index (χ3v) is 5.12. The fourth-order valence-corrected chi connectivity index (χ4v) is 3.53. The van der Waals surface area contributed by atoms with Gasteiger partial charge in [0.25, 0.3) is 5.91 Å². The summed E-state index contributed by atoms with van der Waals surface area (Å²) in [7, 11) is 1.83. The highest BCUT2D eigenvalue weighted by Crippen LogP contribution is 2.22. The van der Waals surface area contributed by atoms with E-state index in [4.69, 9.17) is 0 Å². The number of carbonyl (C=O) groups is 1. The van der Waals surface area contributed by atoms with Crippen molar-refractivity contribution in [2.45, 2.75) is 19.4 Å². The van der Waals surface area contributed by atoms with Gasteiger partial charge in [0.15, 0.2) is 5.82 Å². The molecule has 28 heavy (non-hydrogen) atoms. The Morgan fingerprint density at radius 2 is 1.64 bits per heavy atom. The molecule has 1 aliphatic rings. The number of rotatable bonds is 5. The van der Waals surface area contributed by atoms with E-state index in [-0.39, 0.29) is 5.91 Å². The van der Waals surface area contributed by atoms with Crippen molar-refractivity contribution >= 4 is 11.7 Å². The van der Waals surface area contributed by atoms with E-state index in [0.717, 1.165) is 35.7 Å². The lowest BCUT2D eigenvalue weighted by atomic mass is 10.1. The standard InChI is InChI=1S/C23H24N4O/c1-26(17-18-7-3-2-4-8-18)23(28)20-11-9-19(10-12-20)21-13-14-22(25-24-21)27-15-5-6-16-27/h2-4,7-14H,5-6,15-17H2,1H3. The van der Waals surface area contributed by atoms with Gasteiger partial charge in [-0.25, -0.2) is 0 Å². The number of hydrogen-bond acceptors (Lipinski definition) is 4. The Balaban J connectivity index is 1.43. The fourth-order valence-electron chi connectivity index (χ4n) is 3.53. The molecule has 0 bridgehead atoms. The molecule has 5 nitrogen and oxygen atoms in total. The van der Waals surface area contributed by atoms with Gasteiger partial charge < -0.3 is 9.80 Å². The largest absolute Gasteiger partial charge is 0.355 e. The second-order valence-corrected chi connectivity index (χ2v) is 7.20. The van der Waals surface area contributed by atoms with Gasteiger partial charge in [-0.2, -0.15) is 0 Å². The average Bonchev–Trinajstić information content (AvgIpc) is 3.29. The molecule has 0 spiro atoms. The lowest BCUT2D eigenvalue weighted by Crippen LogP contribution is -2.26. The first-order valence-corrected chi connectivity index (χ1v) is 9.69. The van der Waals surface area contributed by atoms with Crippen molar-refractivity contribution in [1.82, 2.24) is 15.1 Å². The highest BCUT2D eigenvalue weighted by molar-refractivity contribution is 5.94. The molecule has 1 aromatic heterocycles. The third kappa shape index (κ3) is 4.03. The molecule has 0 atom stereocenters. The van der Waals surface area contributed by atoms with Crippen LogP contribution in [0.5, 0.6) is 0 Å². The summed E-state index contributed by atoms with van der Waals surface area (Å²) >= 11 is 0. The Morgan fingerprint density at radius 1 is 0.929 bits per heavy atom. The lowest BCUT2D eigenvalue weighted by molar-refractivity contribution is 0.0785. The Bertz CT molecular complexity index is 917. The molecule has 2 heterocycles. The molecule has 4 rings (SSSR count). The minimum absolute atomic E-state index is 0.00543. The summed E-state index contributed by atoms with van der Waals surface area (Å²) in [5, 5.41) is 8.74. The number of amides is 1. The predicted octanol–water partition coefficient (Wildman–Crippen LogP) is 4.02. The number of carbonyl (C=O) groups excluding carboxylic acids is 1. The molecular weight excluding hydrogens is 348 g/mol. The monoisotopic (exact) mass is 372 g/mol. The summed E-state index contributed by atoms with van der Waals surface area (Å²) in [4.78, 5) is 16.7. The van der Waals surface area contributed by atoms with E-state index >= 15 is 0 Å². The lowest BCUT2D eigenvalue weighted by Gasteiger charge is -2.17. The van der Waals surface area contributed by atoms with E-state index < -0.39 is 0 Å². The van der Waals surface area contributed by atoms with Gasteiger partial charge in [-0.15, -0.1) is 10.2 Å². The van der Waals surface area contributed by atoms with Crippen LogP contribution >= 0.6 is 0 Å². The molecule has 0 unspecified atom stereocenters. The van der Waals surface area contributed by atoms with Crippen LogP contribution in [0.15, 0.2) is 66.7 Å². The first-order valence-electron chi connectivity index (χ1n) is 9.69. The van der Waals surface area contributed by atoms with Gasteiger partial charge in [0, 0.05) is 37.8 Å². The Morgan fingerprint density at radius 3 is 2.29 bits per heavy atom. The van der Waals surface area contributed by atoms with Gasteiger partial charge in [0.2, 0.25) is 0 Å². The van der Waals surface area contributed by atoms with E-state index in [1.165, 1.54) is 12.8 Å². The molecule has 0 radical (unpaired) electrons. The maximum Gasteiger partial charge on any atom is 0.253 e. The molecule has 5 heteroatoms. The van der Waals surface area contributed by atoms with Gasteiger partial charge in [-0.3, -0.25) is 4.79 Å². The van der Waals surface area contributed by atoms with Gasteiger partial charge in [0.05, 0.1) is 5.69 Å². The minimum Gasteiger partial charge on any atom is -0.355 e. The van der Waals surface area contributed by atoms with Crippen LogP contribution in [0, 0.1) is 0 Å². The molecular formula is C23H24N4O. The third-order valence-electron chi connectivity index (χ3n) is 5.12. The second-order valence-electron chi connectivity index (χ2n) is 7.20. The van der Waals surface area contributed by atoms with Crippen LogP contribution in [0.3, 0.4) is 0 Å². The van der Waals surface area contributed by atoms with Crippen molar-refractivity contribution in [1.29, 1.82) is 0 Å². The van der Waals surface area contributed by atoms with Crippen LogP contribution in [0.25, 0.3) is 11.3 Å². The molecule has 1 amide bonds. The summed E-state index contributed by atoms with van der Waals surface area (Å²) in [6, 6.07) is 21.6. The zero-order chi connectivity index (χ0) is 19.3. The van der Waals surface area contributed by atoms with Crippen molar-refractivity contribution in [3.8, 4) is 11.3 Å². The van der Waals surface area contributed by atoms with Crippen molar-refractivity contribution in [3.05, 3.63) is 77.9 Å². The van der Waals surface area contributed by atoms with Crippen molar-refractivity contribution in [2.24, 2.45) is 0 Å². The number of anilines is 1. The Hall–Kier alpha value is -3.21. The maximum atomic E-state index is 12.7. The zero-order valence-corrected chi connectivity index (χ0v) is 16.1. The van der Waals surface area contributed by atoms with Gasteiger partial charge >= 0.3 is 0 Å². The number of aromatic nitrogens is 2. The molecule has 1 fully saturated rings. The molecule has 2 aromatic carbocycles. The van der Waals surface area contributed by atoms with Gasteiger partial charge in [-0.1, -0.05) is 42.5 Å². The van der Waals surface area contributed by atoms with Crippen molar-refractivity contribution < 1.29 is 4.79 Å². The van der Waals surface area contributed by atoms with Crippen LogP contribution in [0.4, 0.5) is 5.82 Å². The number of nitrogens with zero attached hydrogens (tertiary/aromatic N) is 4. The number of benzene rings is 2. The number of hydrogen-bond donors (Lipinski definition) is 0. The quantitative estimate of drug-likeness (QED) is 0.679. The first-order chi connectivity index (χ1) is 13.7. The minimum atomic E-state index is 0.00543. The Kier molecular flexibility index (Phi) is 5.33. The van der Waals surface area contributed by atoms with E-state index in [1.54, 1.807) is 4.90 Å². The van der Waals surface area contributed by atoms with Crippen molar-refractivity contribution in [3.63, 3.8) is 0 Å². The first kappa shape index (κ1) is 18.2. The molecule has 0 aliphatic carbocycles. The zero-order valence-electron chi connectivity index (χ0n) is 16.1. The van der Waals surface area contributed by atoms with E-state index in [1.807, 2.05) is 73.8 Å². The topological polar surface area (TPSA) is 49.3 Å². The van der Waals surface area contributed by atoms with Gasteiger partial charge in [-0.05, 0) is 42.7 Å². The van der Waals surface area contributed by atoms with E-state index in [0.29, 0.717) is 12.1 Å². The highest BCUT2D eigenvalue weighted by atomic mass is 16.2. The van der Waals surface area contributed by atoms with E-state index in [2.05, 4.69) is 15.1 Å². The predicted molar refractivity (Wildman–Crippen MR) is 111 cm³/mol.